The van der Waals surface area contributed by atoms with Gasteiger partial charge in [0.05, 0.1) is 0 Å². The van der Waals surface area contributed by atoms with Crippen molar-refractivity contribution in [2.24, 2.45) is 7.05 Å². The SMILES string of the molecule is CCC(C)(NC(=O)Nc1cc(C)n(C)n1)C(=O)O. The molecule has 1 heterocycles. The second-order valence-corrected chi connectivity index (χ2v) is 4.36. The Morgan fingerprint density at radius 3 is 2.56 bits per heavy atom. The van der Waals surface area contributed by atoms with Crippen LogP contribution in [0.4, 0.5) is 10.6 Å². The van der Waals surface area contributed by atoms with Crippen molar-refractivity contribution in [1.29, 1.82) is 0 Å². The maximum absolute atomic E-state index is 11.7. The highest BCUT2D eigenvalue weighted by molar-refractivity contribution is 5.93. The zero-order valence-electron chi connectivity index (χ0n) is 10.9. The summed E-state index contributed by atoms with van der Waals surface area (Å²) in [6.07, 6.45) is 0.289. The molecule has 0 saturated heterocycles. The Morgan fingerprint density at radius 1 is 1.56 bits per heavy atom. The maximum atomic E-state index is 11.7. The monoisotopic (exact) mass is 254 g/mol. The third kappa shape index (κ3) is 2.99. The van der Waals surface area contributed by atoms with Gasteiger partial charge in [-0.05, 0) is 20.3 Å². The summed E-state index contributed by atoms with van der Waals surface area (Å²) >= 11 is 0. The van der Waals surface area contributed by atoms with E-state index in [2.05, 4.69) is 15.7 Å². The molecule has 7 heteroatoms. The highest BCUT2D eigenvalue weighted by Crippen LogP contribution is 2.11. The molecule has 1 aromatic rings. The van der Waals surface area contributed by atoms with Crippen LogP contribution < -0.4 is 10.6 Å². The van der Waals surface area contributed by atoms with Crippen molar-refractivity contribution in [3.63, 3.8) is 0 Å². The third-order valence-corrected chi connectivity index (χ3v) is 2.92. The van der Waals surface area contributed by atoms with Crippen LogP contribution in [0.15, 0.2) is 6.07 Å². The smallest absolute Gasteiger partial charge is 0.329 e. The van der Waals surface area contributed by atoms with Gasteiger partial charge in [0.25, 0.3) is 0 Å². The molecule has 0 radical (unpaired) electrons. The quantitative estimate of drug-likeness (QED) is 0.749. The molecule has 18 heavy (non-hydrogen) atoms. The number of anilines is 1. The van der Waals surface area contributed by atoms with Gasteiger partial charge >= 0.3 is 12.0 Å². The Balaban J connectivity index is 2.69. The lowest BCUT2D eigenvalue weighted by molar-refractivity contribution is -0.143. The van der Waals surface area contributed by atoms with Crippen LogP contribution in [0, 0.1) is 6.92 Å². The number of amides is 2. The number of aliphatic carboxylic acids is 1. The standard InChI is InChI=1S/C11H18N4O3/c1-5-11(3,9(16)17)13-10(18)12-8-6-7(2)15(4)14-8/h6H,5H2,1-4H3,(H,16,17)(H2,12,13,14,18). The fourth-order valence-electron chi connectivity index (χ4n) is 1.31. The maximum Gasteiger partial charge on any atom is 0.329 e. The number of hydrogen-bond acceptors (Lipinski definition) is 3. The molecule has 0 fully saturated rings. The molecule has 0 aliphatic rings. The number of urea groups is 1. The summed E-state index contributed by atoms with van der Waals surface area (Å²) in [6.45, 7) is 5.00. The fraction of sp³-hybridized carbons (Fsp3) is 0.545. The predicted molar refractivity (Wildman–Crippen MR) is 66.4 cm³/mol. The van der Waals surface area contributed by atoms with E-state index in [1.54, 1.807) is 24.7 Å². The summed E-state index contributed by atoms with van der Waals surface area (Å²) in [5.74, 6) is -0.686. The van der Waals surface area contributed by atoms with E-state index in [1.807, 2.05) is 6.92 Å². The topological polar surface area (TPSA) is 96.3 Å². The molecular formula is C11H18N4O3. The summed E-state index contributed by atoms with van der Waals surface area (Å²) in [5.41, 5.74) is -0.393. The van der Waals surface area contributed by atoms with Crippen LogP contribution in [0.1, 0.15) is 26.0 Å². The largest absolute Gasteiger partial charge is 0.480 e. The molecule has 0 spiro atoms. The number of nitrogens with zero attached hydrogens (tertiary/aromatic N) is 2. The van der Waals surface area contributed by atoms with Crippen molar-refractivity contribution in [3.05, 3.63) is 11.8 Å². The lowest BCUT2D eigenvalue weighted by Gasteiger charge is -2.24. The second kappa shape index (κ2) is 5.07. The number of rotatable bonds is 4. The van der Waals surface area contributed by atoms with Crippen LogP contribution in [-0.2, 0) is 11.8 Å². The fourth-order valence-corrected chi connectivity index (χ4v) is 1.31. The van der Waals surface area contributed by atoms with Crippen LogP contribution >= 0.6 is 0 Å². The van der Waals surface area contributed by atoms with E-state index in [4.69, 9.17) is 5.11 Å². The molecule has 1 aromatic heterocycles. The van der Waals surface area contributed by atoms with Crippen LogP contribution in [0.25, 0.3) is 0 Å². The van der Waals surface area contributed by atoms with Crippen molar-refractivity contribution in [2.75, 3.05) is 5.32 Å². The van der Waals surface area contributed by atoms with Gasteiger partial charge in [-0.2, -0.15) is 5.10 Å². The Hall–Kier alpha value is -2.05. The van der Waals surface area contributed by atoms with Crippen LogP contribution in [0.5, 0.6) is 0 Å². The van der Waals surface area contributed by atoms with Crippen LogP contribution in [0.3, 0.4) is 0 Å². The first-order valence-electron chi connectivity index (χ1n) is 5.61. The predicted octanol–water partition coefficient (Wildman–Crippen LogP) is 1.10. The van der Waals surface area contributed by atoms with Gasteiger partial charge in [0.15, 0.2) is 5.82 Å². The minimum Gasteiger partial charge on any atom is -0.480 e. The van der Waals surface area contributed by atoms with Gasteiger partial charge < -0.3 is 10.4 Å². The minimum atomic E-state index is -1.28. The average molecular weight is 254 g/mol. The summed E-state index contributed by atoms with van der Waals surface area (Å²) in [4.78, 5) is 22.7. The van der Waals surface area contributed by atoms with Crippen molar-refractivity contribution >= 4 is 17.8 Å². The first-order chi connectivity index (χ1) is 8.28. The van der Waals surface area contributed by atoms with Gasteiger partial charge in [0, 0.05) is 18.8 Å². The molecule has 0 aliphatic carbocycles. The Labute approximate surface area is 105 Å². The van der Waals surface area contributed by atoms with Crippen LogP contribution in [0.2, 0.25) is 0 Å². The van der Waals surface area contributed by atoms with Gasteiger partial charge in [-0.3, -0.25) is 10.00 Å². The summed E-state index contributed by atoms with van der Waals surface area (Å²) in [5, 5.41) is 18.0. The molecule has 0 aliphatic heterocycles. The molecule has 1 unspecified atom stereocenters. The average Bonchev–Trinajstić information content (AvgIpc) is 2.57. The zero-order chi connectivity index (χ0) is 13.9. The van der Waals surface area contributed by atoms with Crippen LogP contribution in [-0.4, -0.2) is 32.4 Å². The molecule has 0 aromatic carbocycles. The third-order valence-electron chi connectivity index (χ3n) is 2.92. The van der Waals surface area contributed by atoms with E-state index in [9.17, 15) is 9.59 Å². The number of aryl methyl sites for hydroxylation is 2. The van der Waals surface area contributed by atoms with Gasteiger partial charge in [0.1, 0.15) is 5.54 Å². The van der Waals surface area contributed by atoms with Crippen molar-refractivity contribution in [1.82, 2.24) is 15.1 Å². The summed E-state index contributed by atoms with van der Waals surface area (Å²) in [7, 11) is 1.76. The molecule has 100 valence electrons. The first-order valence-corrected chi connectivity index (χ1v) is 5.61. The molecule has 1 atom stereocenters. The number of carbonyl (C=O) groups excluding carboxylic acids is 1. The van der Waals surface area contributed by atoms with Gasteiger partial charge in [-0.25, -0.2) is 9.59 Å². The van der Waals surface area contributed by atoms with Gasteiger partial charge in [-0.1, -0.05) is 6.92 Å². The van der Waals surface area contributed by atoms with E-state index in [0.717, 1.165) is 5.69 Å². The molecule has 1 rings (SSSR count). The lowest BCUT2D eigenvalue weighted by Crippen LogP contribution is -2.53. The summed E-state index contributed by atoms with van der Waals surface area (Å²) in [6, 6.07) is 1.11. The number of carboxylic acids is 1. The number of aromatic nitrogens is 2. The van der Waals surface area contributed by atoms with E-state index in [1.165, 1.54) is 6.92 Å². The first kappa shape index (κ1) is 14.0. The van der Waals surface area contributed by atoms with Crippen molar-refractivity contribution in [2.45, 2.75) is 32.7 Å². The van der Waals surface area contributed by atoms with E-state index in [0.29, 0.717) is 5.82 Å². The Bertz CT molecular complexity index is 449. The molecule has 3 N–H and O–H groups in total. The molecule has 7 nitrogen and oxygen atoms in total. The van der Waals surface area contributed by atoms with E-state index >= 15 is 0 Å². The minimum absolute atomic E-state index is 0.289. The second-order valence-electron chi connectivity index (χ2n) is 4.36. The molecule has 2 amide bonds. The molecule has 0 bridgehead atoms. The normalized spacial score (nSPS) is 13.8. The number of hydrogen-bond donors (Lipinski definition) is 3. The van der Waals surface area contributed by atoms with Gasteiger partial charge in [-0.15, -0.1) is 0 Å². The zero-order valence-corrected chi connectivity index (χ0v) is 10.9. The number of nitrogens with one attached hydrogen (secondary N) is 2. The van der Waals surface area contributed by atoms with E-state index in [-0.39, 0.29) is 6.42 Å². The lowest BCUT2D eigenvalue weighted by atomic mass is 10.00. The van der Waals surface area contributed by atoms with Crippen molar-refractivity contribution < 1.29 is 14.7 Å². The van der Waals surface area contributed by atoms with Gasteiger partial charge in [0.2, 0.25) is 0 Å². The number of carboxylic acid groups (broad SMARTS) is 1. The highest BCUT2D eigenvalue weighted by Gasteiger charge is 2.32. The summed E-state index contributed by atoms with van der Waals surface area (Å²) < 4.78 is 1.62. The highest BCUT2D eigenvalue weighted by atomic mass is 16.4. The molecule has 0 saturated carbocycles. The molecular weight excluding hydrogens is 236 g/mol. The Kier molecular flexibility index (Phi) is 3.95. The number of carbonyl (C=O) groups is 2. The van der Waals surface area contributed by atoms with E-state index < -0.39 is 17.5 Å². The van der Waals surface area contributed by atoms with Crippen molar-refractivity contribution in [3.8, 4) is 0 Å². The Morgan fingerprint density at radius 2 is 2.17 bits per heavy atom.